The summed E-state index contributed by atoms with van der Waals surface area (Å²) < 4.78 is 0. The van der Waals surface area contributed by atoms with Crippen LogP contribution in [-0.2, 0) is 0 Å². The van der Waals surface area contributed by atoms with E-state index in [0.29, 0.717) is 0 Å². The third-order valence-corrected chi connectivity index (χ3v) is 1.34. The molecule has 0 saturated heterocycles. The van der Waals surface area contributed by atoms with Gasteiger partial charge in [0.05, 0.1) is 0 Å². The largest absolute Gasteiger partial charge is 0.274 e. The average molecular weight is 122 g/mol. The molecule has 0 radical (unpaired) electrons. The predicted octanol–water partition coefficient (Wildman–Crippen LogP) is 1.43. The predicted molar refractivity (Wildman–Crippen MR) is 40.2 cm³/mol. The summed E-state index contributed by atoms with van der Waals surface area (Å²) in [7, 11) is 0. The number of nitrogens with zero attached hydrogens (tertiary/aromatic N) is 2. The van der Waals surface area contributed by atoms with E-state index in [1.54, 1.807) is 0 Å². The van der Waals surface area contributed by atoms with Crippen LogP contribution in [0.15, 0.2) is 22.1 Å². The molecular formula is C7H10N2. The standard InChI is InChI=1S/C7H10N2/c1-6-3-4-9-7(5-6)8-2/h4,7H,1-3,5H2. The van der Waals surface area contributed by atoms with Crippen molar-refractivity contribution in [3.8, 4) is 0 Å². The van der Waals surface area contributed by atoms with Crippen molar-refractivity contribution in [3.63, 3.8) is 0 Å². The van der Waals surface area contributed by atoms with Crippen LogP contribution in [0.4, 0.5) is 0 Å². The summed E-state index contributed by atoms with van der Waals surface area (Å²) in [6.07, 6.45) is 3.68. The van der Waals surface area contributed by atoms with Crippen LogP contribution in [-0.4, -0.2) is 19.1 Å². The lowest BCUT2D eigenvalue weighted by atomic mass is 10.1. The van der Waals surface area contributed by atoms with Gasteiger partial charge in [-0.1, -0.05) is 12.2 Å². The third kappa shape index (κ3) is 1.49. The molecule has 0 spiro atoms. The smallest absolute Gasteiger partial charge is 0.142 e. The summed E-state index contributed by atoms with van der Waals surface area (Å²) in [5.41, 5.74) is 1.20. The van der Waals surface area contributed by atoms with Crippen LogP contribution in [0.25, 0.3) is 0 Å². The molecule has 0 aromatic carbocycles. The van der Waals surface area contributed by atoms with Crippen LogP contribution in [0.5, 0.6) is 0 Å². The first-order chi connectivity index (χ1) is 4.33. The number of rotatable bonds is 1. The Balaban J connectivity index is 2.58. The van der Waals surface area contributed by atoms with Gasteiger partial charge in [-0.25, -0.2) is 0 Å². The molecule has 0 aliphatic carbocycles. The SMILES string of the molecule is C=NC1CC(=C)CC=N1. The van der Waals surface area contributed by atoms with Gasteiger partial charge in [-0.15, -0.1) is 0 Å². The van der Waals surface area contributed by atoms with Crippen molar-refractivity contribution < 1.29 is 0 Å². The Labute approximate surface area is 55.0 Å². The summed E-state index contributed by atoms with van der Waals surface area (Å²) in [6.45, 7) is 7.25. The minimum Gasteiger partial charge on any atom is -0.274 e. The van der Waals surface area contributed by atoms with Gasteiger partial charge in [0.1, 0.15) is 6.17 Å². The fourth-order valence-corrected chi connectivity index (χ4v) is 0.809. The molecule has 1 heterocycles. The highest BCUT2D eigenvalue weighted by molar-refractivity contribution is 5.62. The summed E-state index contributed by atoms with van der Waals surface area (Å²) in [5.74, 6) is 0. The maximum absolute atomic E-state index is 4.08. The molecule has 0 saturated carbocycles. The van der Waals surface area contributed by atoms with E-state index in [4.69, 9.17) is 0 Å². The summed E-state index contributed by atoms with van der Waals surface area (Å²) in [5, 5.41) is 0. The first-order valence-corrected chi connectivity index (χ1v) is 2.97. The Hall–Kier alpha value is -0.920. The van der Waals surface area contributed by atoms with Crippen molar-refractivity contribution in [1.82, 2.24) is 0 Å². The van der Waals surface area contributed by atoms with Crippen LogP contribution in [0.3, 0.4) is 0 Å². The summed E-state index contributed by atoms with van der Waals surface area (Å²) in [4.78, 5) is 7.87. The van der Waals surface area contributed by atoms with E-state index in [1.807, 2.05) is 6.21 Å². The minimum atomic E-state index is 0.0475. The van der Waals surface area contributed by atoms with Crippen molar-refractivity contribution in [2.45, 2.75) is 19.0 Å². The third-order valence-electron chi connectivity index (χ3n) is 1.34. The van der Waals surface area contributed by atoms with Crippen LogP contribution in [0, 0.1) is 0 Å². The molecule has 1 aliphatic heterocycles. The minimum absolute atomic E-state index is 0.0475. The van der Waals surface area contributed by atoms with E-state index in [0.717, 1.165) is 12.8 Å². The van der Waals surface area contributed by atoms with Crippen molar-refractivity contribution in [1.29, 1.82) is 0 Å². The van der Waals surface area contributed by atoms with Crippen molar-refractivity contribution in [2.24, 2.45) is 9.98 Å². The molecule has 1 atom stereocenters. The fourth-order valence-electron chi connectivity index (χ4n) is 0.809. The van der Waals surface area contributed by atoms with Gasteiger partial charge in [0.2, 0.25) is 0 Å². The van der Waals surface area contributed by atoms with E-state index in [9.17, 15) is 0 Å². The van der Waals surface area contributed by atoms with Gasteiger partial charge in [-0.2, -0.15) is 0 Å². The maximum atomic E-state index is 4.08. The van der Waals surface area contributed by atoms with Gasteiger partial charge in [-0.3, -0.25) is 9.98 Å². The fraction of sp³-hybridized carbons (Fsp3) is 0.429. The molecular weight excluding hydrogens is 112 g/mol. The molecule has 1 unspecified atom stereocenters. The van der Waals surface area contributed by atoms with Crippen LogP contribution < -0.4 is 0 Å². The quantitative estimate of drug-likeness (QED) is 0.371. The second kappa shape index (κ2) is 2.58. The molecule has 0 fully saturated rings. The van der Waals surface area contributed by atoms with E-state index >= 15 is 0 Å². The topological polar surface area (TPSA) is 24.7 Å². The first kappa shape index (κ1) is 6.20. The molecule has 2 nitrogen and oxygen atoms in total. The van der Waals surface area contributed by atoms with Gasteiger partial charge in [0, 0.05) is 19.1 Å². The zero-order valence-corrected chi connectivity index (χ0v) is 5.38. The first-order valence-electron chi connectivity index (χ1n) is 2.97. The number of aliphatic imine (C=N–C) groups is 2. The van der Waals surface area contributed by atoms with Gasteiger partial charge in [0.15, 0.2) is 0 Å². The monoisotopic (exact) mass is 122 g/mol. The van der Waals surface area contributed by atoms with Crippen molar-refractivity contribution >= 4 is 12.9 Å². The normalized spacial score (nSPS) is 26.2. The van der Waals surface area contributed by atoms with Crippen LogP contribution in [0.1, 0.15) is 12.8 Å². The molecule has 1 aliphatic rings. The highest BCUT2D eigenvalue weighted by Gasteiger charge is 2.07. The van der Waals surface area contributed by atoms with Gasteiger partial charge < -0.3 is 0 Å². The number of hydrogen-bond acceptors (Lipinski definition) is 2. The number of hydrogen-bond donors (Lipinski definition) is 0. The lowest BCUT2D eigenvalue weighted by Gasteiger charge is -2.12. The maximum Gasteiger partial charge on any atom is 0.142 e. The zero-order valence-electron chi connectivity index (χ0n) is 5.38. The highest BCUT2D eigenvalue weighted by Crippen LogP contribution is 2.14. The Morgan fingerprint density at radius 3 is 3.00 bits per heavy atom. The second-order valence-corrected chi connectivity index (χ2v) is 2.15. The summed E-state index contributed by atoms with van der Waals surface area (Å²) in [6, 6.07) is 0. The van der Waals surface area contributed by atoms with Gasteiger partial charge in [0.25, 0.3) is 0 Å². The molecule has 9 heavy (non-hydrogen) atoms. The lowest BCUT2D eigenvalue weighted by molar-refractivity contribution is 0.687. The molecule has 48 valence electrons. The molecule has 0 aromatic rings. The molecule has 1 rings (SSSR count). The molecule has 0 amide bonds. The van der Waals surface area contributed by atoms with E-state index in [2.05, 4.69) is 23.3 Å². The van der Waals surface area contributed by atoms with E-state index < -0.39 is 0 Å². The van der Waals surface area contributed by atoms with E-state index in [-0.39, 0.29) is 6.17 Å². The van der Waals surface area contributed by atoms with Gasteiger partial charge in [-0.05, 0) is 6.72 Å². The molecule has 0 bridgehead atoms. The molecule has 2 heteroatoms. The molecule has 0 aromatic heterocycles. The Morgan fingerprint density at radius 2 is 2.56 bits per heavy atom. The van der Waals surface area contributed by atoms with Crippen LogP contribution >= 0.6 is 0 Å². The zero-order chi connectivity index (χ0) is 6.69. The summed E-state index contributed by atoms with van der Waals surface area (Å²) >= 11 is 0. The van der Waals surface area contributed by atoms with Gasteiger partial charge >= 0.3 is 0 Å². The lowest BCUT2D eigenvalue weighted by Crippen LogP contribution is -2.07. The van der Waals surface area contributed by atoms with Crippen molar-refractivity contribution in [3.05, 3.63) is 12.2 Å². The van der Waals surface area contributed by atoms with E-state index in [1.165, 1.54) is 5.57 Å². The Bertz CT molecular complexity index is 158. The van der Waals surface area contributed by atoms with Crippen LogP contribution in [0.2, 0.25) is 0 Å². The average Bonchev–Trinajstić information content (AvgIpc) is 1.88. The Morgan fingerprint density at radius 1 is 1.78 bits per heavy atom. The Kier molecular flexibility index (Phi) is 1.78. The highest BCUT2D eigenvalue weighted by atomic mass is 15.0. The van der Waals surface area contributed by atoms with Crippen molar-refractivity contribution in [2.75, 3.05) is 0 Å². The molecule has 0 N–H and O–H groups in total. The second-order valence-electron chi connectivity index (χ2n) is 2.15.